The van der Waals surface area contributed by atoms with Gasteiger partial charge in [-0.3, -0.25) is 0 Å². The van der Waals surface area contributed by atoms with Crippen LogP contribution in [0.15, 0.2) is 67.4 Å². The van der Waals surface area contributed by atoms with Gasteiger partial charge in [0.2, 0.25) is 0 Å². The van der Waals surface area contributed by atoms with Gasteiger partial charge < -0.3 is 5.32 Å². The van der Waals surface area contributed by atoms with Gasteiger partial charge >= 0.3 is 6.18 Å². The molecule has 0 unspecified atom stereocenters. The Bertz CT molecular complexity index is 1210. The van der Waals surface area contributed by atoms with Crippen LogP contribution in [0.2, 0.25) is 0 Å². The molecule has 0 heterocycles. The lowest BCUT2D eigenvalue weighted by Crippen LogP contribution is -2.08. The first-order chi connectivity index (χ1) is 14.6. The minimum absolute atomic E-state index is 0.421. The lowest BCUT2D eigenvalue weighted by Gasteiger charge is -2.15. The standard InChI is InChI=1S/C27H24F3N/c1-15-6-11-22(27(28,29)30)13-25(15)31-16(2)12-20-7-9-21(10-8-20)17(3)23-14-24-19(5)26(24)18(23)4/h6-11,13-14,31H,2-3,12H2,1,4-5H3. The zero-order chi connectivity index (χ0) is 22.5. The molecule has 0 atom stereocenters. The van der Waals surface area contributed by atoms with E-state index < -0.39 is 11.7 Å². The van der Waals surface area contributed by atoms with Gasteiger partial charge in [0.05, 0.1) is 5.56 Å². The lowest BCUT2D eigenvalue weighted by molar-refractivity contribution is -0.137. The highest BCUT2D eigenvalue weighted by Gasteiger charge is 2.31. The smallest absolute Gasteiger partial charge is 0.359 e. The average molecular weight is 419 g/mol. The predicted molar refractivity (Wildman–Crippen MR) is 122 cm³/mol. The van der Waals surface area contributed by atoms with Gasteiger partial charge in [0.25, 0.3) is 0 Å². The van der Waals surface area contributed by atoms with Gasteiger partial charge in [0.1, 0.15) is 0 Å². The van der Waals surface area contributed by atoms with Crippen LogP contribution >= 0.6 is 0 Å². The van der Waals surface area contributed by atoms with Crippen LogP contribution in [-0.4, -0.2) is 0 Å². The van der Waals surface area contributed by atoms with Gasteiger partial charge in [0, 0.05) is 17.8 Å². The molecule has 31 heavy (non-hydrogen) atoms. The van der Waals surface area contributed by atoms with Crippen LogP contribution in [0.3, 0.4) is 0 Å². The molecule has 2 aromatic rings. The number of halogens is 3. The van der Waals surface area contributed by atoms with Gasteiger partial charge in [-0.15, -0.1) is 0 Å². The minimum Gasteiger partial charge on any atom is -0.359 e. The third-order valence-electron chi connectivity index (χ3n) is 5.97. The molecule has 4 rings (SSSR count). The summed E-state index contributed by atoms with van der Waals surface area (Å²) in [5.74, 6) is 0. The number of fused-ring (bicyclic) bond motifs is 1. The van der Waals surface area contributed by atoms with Crippen molar-refractivity contribution < 1.29 is 13.2 Å². The molecule has 1 nitrogen and oxygen atoms in total. The fourth-order valence-corrected chi connectivity index (χ4v) is 4.06. The second kappa shape index (κ2) is 7.45. The SMILES string of the molecule is C=C(Cc1ccc(C(=C)c2cc3c(C)c-3c2C)cc1)Nc1cc(C(F)(F)F)ccc1C. The Labute approximate surface area is 180 Å². The molecular weight excluding hydrogens is 395 g/mol. The molecule has 1 N–H and O–H groups in total. The predicted octanol–water partition coefficient (Wildman–Crippen LogP) is 7.84. The second-order valence-corrected chi connectivity index (χ2v) is 8.20. The maximum Gasteiger partial charge on any atom is 0.416 e. The summed E-state index contributed by atoms with van der Waals surface area (Å²) >= 11 is 0. The van der Waals surface area contributed by atoms with E-state index in [-0.39, 0.29) is 0 Å². The Hall–Kier alpha value is -3.27. The van der Waals surface area contributed by atoms with Crippen molar-refractivity contribution in [1.29, 1.82) is 0 Å². The largest absolute Gasteiger partial charge is 0.416 e. The second-order valence-electron chi connectivity index (χ2n) is 8.20. The van der Waals surface area contributed by atoms with E-state index in [0.29, 0.717) is 17.8 Å². The molecule has 2 aromatic carbocycles. The van der Waals surface area contributed by atoms with E-state index in [1.807, 2.05) is 24.3 Å². The average Bonchev–Trinajstić information content (AvgIpc) is 3.20. The molecule has 0 saturated carbocycles. The monoisotopic (exact) mass is 419 g/mol. The molecule has 0 amide bonds. The van der Waals surface area contributed by atoms with Crippen molar-refractivity contribution in [1.82, 2.24) is 0 Å². The zero-order valence-corrected chi connectivity index (χ0v) is 17.9. The van der Waals surface area contributed by atoms with Gasteiger partial charge in [-0.1, -0.05) is 43.5 Å². The van der Waals surface area contributed by atoms with Crippen molar-refractivity contribution in [2.24, 2.45) is 0 Å². The highest BCUT2D eigenvalue weighted by molar-refractivity contribution is 5.99. The van der Waals surface area contributed by atoms with Gasteiger partial charge in [0.15, 0.2) is 0 Å². The molecule has 0 aliphatic heterocycles. The number of rotatable bonds is 6. The lowest BCUT2D eigenvalue weighted by atomic mass is 9.97. The molecule has 0 spiro atoms. The fraction of sp³-hybridized carbons (Fsp3) is 0.185. The fourth-order valence-electron chi connectivity index (χ4n) is 4.06. The van der Waals surface area contributed by atoms with Gasteiger partial charge in [-0.25, -0.2) is 0 Å². The Morgan fingerprint density at radius 2 is 1.58 bits per heavy atom. The summed E-state index contributed by atoms with van der Waals surface area (Å²) in [5.41, 5.74) is 10.8. The van der Waals surface area contributed by atoms with Gasteiger partial charge in [-0.2, -0.15) is 13.2 Å². The molecular formula is C27H24F3N. The zero-order valence-electron chi connectivity index (χ0n) is 17.9. The first kappa shape index (κ1) is 21.0. The van der Waals surface area contributed by atoms with E-state index in [4.69, 9.17) is 0 Å². The molecule has 4 heteroatoms. The number of hydrogen-bond donors (Lipinski definition) is 1. The van der Waals surface area contributed by atoms with E-state index in [2.05, 4.69) is 38.4 Å². The van der Waals surface area contributed by atoms with Crippen molar-refractivity contribution in [2.45, 2.75) is 33.4 Å². The first-order valence-electron chi connectivity index (χ1n) is 10.1. The molecule has 0 aromatic heterocycles. The Morgan fingerprint density at radius 3 is 2.16 bits per heavy atom. The number of nitrogens with one attached hydrogen (secondary N) is 1. The van der Waals surface area contributed by atoms with E-state index in [1.165, 1.54) is 33.9 Å². The molecule has 158 valence electrons. The topological polar surface area (TPSA) is 12.0 Å². The summed E-state index contributed by atoms with van der Waals surface area (Å²) < 4.78 is 39.0. The van der Waals surface area contributed by atoms with Crippen LogP contribution in [-0.2, 0) is 12.6 Å². The Morgan fingerprint density at radius 1 is 0.903 bits per heavy atom. The quantitative estimate of drug-likeness (QED) is 0.336. The van der Waals surface area contributed by atoms with E-state index in [9.17, 15) is 13.2 Å². The molecule has 0 saturated heterocycles. The first-order valence-corrected chi connectivity index (χ1v) is 10.1. The Balaban J connectivity index is 1.44. The summed E-state index contributed by atoms with van der Waals surface area (Å²) in [5, 5.41) is 3.04. The third kappa shape index (κ3) is 4.02. The number of benzene rings is 3. The molecule has 2 aliphatic carbocycles. The van der Waals surface area contributed by atoms with E-state index in [1.54, 1.807) is 6.92 Å². The van der Waals surface area contributed by atoms with Crippen molar-refractivity contribution in [3.05, 3.63) is 106 Å². The van der Waals surface area contributed by atoms with Crippen molar-refractivity contribution in [3.63, 3.8) is 0 Å². The number of aryl methyl sites for hydroxylation is 2. The highest BCUT2D eigenvalue weighted by Crippen LogP contribution is 2.49. The summed E-state index contributed by atoms with van der Waals surface area (Å²) in [4.78, 5) is 0. The molecule has 0 radical (unpaired) electrons. The van der Waals surface area contributed by atoms with Crippen molar-refractivity contribution in [3.8, 4) is 11.1 Å². The Kier molecular flexibility index (Phi) is 5.04. The van der Waals surface area contributed by atoms with Crippen LogP contribution in [0.4, 0.5) is 18.9 Å². The van der Waals surface area contributed by atoms with Crippen LogP contribution in [0.1, 0.15) is 38.9 Å². The van der Waals surface area contributed by atoms with Crippen LogP contribution in [0.5, 0.6) is 0 Å². The normalized spacial score (nSPS) is 11.9. The van der Waals surface area contributed by atoms with E-state index >= 15 is 0 Å². The van der Waals surface area contributed by atoms with Crippen molar-refractivity contribution >= 4 is 11.3 Å². The van der Waals surface area contributed by atoms with Crippen molar-refractivity contribution in [2.75, 3.05) is 5.32 Å². The summed E-state index contributed by atoms with van der Waals surface area (Å²) in [6, 6.07) is 14.0. The maximum absolute atomic E-state index is 13.0. The van der Waals surface area contributed by atoms with E-state index in [0.717, 1.165) is 34.4 Å². The molecule has 2 aliphatic rings. The summed E-state index contributed by atoms with van der Waals surface area (Å²) in [6.45, 7) is 14.3. The number of anilines is 1. The van der Waals surface area contributed by atoms with Crippen LogP contribution in [0, 0.1) is 20.8 Å². The number of allylic oxidation sites excluding steroid dienone is 1. The molecule has 0 bridgehead atoms. The minimum atomic E-state index is -4.37. The highest BCUT2D eigenvalue weighted by atomic mass is 19.4. The molecule has 0 fully saturated rings. The summed E-state index contributed by atoms with van der Waals surface area (Å²) in [6.07, 6.45) is -3.86. The van der Waals surface area contributed by atoms with Crippen LogP contribution in [0.25, 0.3) is 16.7 Å². The third-order valence-corrected chi connectivity index (χ3v) is 5.97. The number of hydrogen-bond acceptors (Lipinski definition) is 1. The van der Waals surface area contributed by atoms with Crippen LogP contribution < -0.4 is 5.32 Å². The number of alkyl halides is 3. The van der Waals surface area contributed by atoms with Gasteiger partial charge in [-0.05, 0) is 89.1 Å². The summed E-state index contributed by atoms with van der Waals surface area (Å²) in [7, 11) is 0. The maximum atomic E-state index is 13.0.